The molecule has 0 aromatic carbocycles. The predicted molar refractivity (Wildman–Crippen MR) is 70.3 cm³/mol. The molecule has 17 heavy (non-hydrogen) atoms. The lowest BCUT2D eigenvalue weighted by Gasteiger charge is -2.11. The minimum absolute atomic E-state index is 0.306. The van der Waals surface area contributed by atoms with E-state index in [9.17, 15) is 9.90 Å². The quantitative estimate of drug-likeness (QED) is 0.803. The van der Waals surface area contributed by atoms with Crippen molar-refractivity contribution in [2.45, 2.75) is 6.10 Å². The molecule has 0 saturated heterocycles. The first-order chi connectivity index (χ1) is 8.18. The van der Waals surface area contributed by atoms with E-state index in [2.05, 4.69) is 31.4 Å². The minimum atomic E-state index is -0.604. The molecule has 0 amide bonds. The van der Waals surface area contributed by atoms with Gasteiger partial charge in [-0.2, -0.15) is 16.4 Å². The SMILES string of the molecule is O=c1[nH]ncc(NCC(O)c2ccsc2)c1Br. The molecule has 0 aliphatic carbocycles. The summed E-state index contributed by atoms with van der Waals surface area (Å²) in [7, 11) is 0. The van der Waals surface area contributed by atoms with E-state index in [1.165, 1.54) is 17.5 Å². The highest BCUT2D eigenvalue weighted by Crippen LogP contribution is 2.19. The van der Waals surface area contributed by atoms with Gasteiger partial charge in [0, 0.05) is 6.54 Å². The van der Waals surface area contributed by atoms with Crippen molar-refractivity contribution in [3.05, 3.63) is 43.4 Å². The van der Waals surface area contributed by atoms with E-state index < -0.39 is 6.10 Å². The number of aromatic nitrogens is 2. The molecular weight excluding hydrogens is 306 g/mol. The summed E-state index contributed by atoms with van der Waals surface area (Å²) in [6.45, 7) is 0.320. The van der Waals surface area contributed by atoms with Gasteiger partial charge in [-0.15, -0.1) is 0 Å². The summed E-state index contributed by atoms with van der Waals surface area (Å²) in [5, 5.41) is 22.6. The Kier molecular flexibility index (Phi) is 3.93. The number of rotatable bonds is 4. The molecule has 2 aromatic heterocycles. The molecule has 7 heteroatoms. The number of hydrogen-bond acceptors (Lipinski definition) is 5. The van der Waals surface area contributed by atoms with Crippen LogP contribution in [0.15, 0.2) is 32.3 Å². The van der Waals surface area contributed by atoms with Crippen LogP contribution in [-0.4, -0.2) is 21.8 Å². The molecule has 2 rings (SSSR count). The smallest absolute Gasteiger partial charge is 0.280 e. The maximum absolute atomic E-state index is 11.2. The molecular formula is C10H10BrN3O2S. The molecule has 2 aromatic rings. The van der Waals surface area contributed by atoms with Crippen LogP contribution in [0.25, 0.3) is 0 Å². The van der Waals surface area contributed by atoms with Gasteiger partial charge < -0.3 is 10.4 Å². The number of H-pyrrole nitrogens is 1. The summed E-state index contributed by atoms with van der Waals surface area (Å²) >= 11 is 4.68. The van der Waals surface area contributed by atoms with E-state index in [1.807, 2.05) is 16.8 Å². The Hall–Kier alpha value is -1.18. The van der Waals surface area contributed by atoms with Crippen LogP contribution in [0.1, 0.15) is 11.7 Å². The topological polar surface area (TPSA) is 78.0 Å². The van der Waals surface area contributed by atoms with Gasteiger partial charge in [-0.3, -0.25) is 4.79 Å². The van der Waals surface area contributed by atoms with Crippen LogP contribution >= 0.6 is 27.3 Å². The third-order valence-corrected chi connectivity index (χ3v) is 3.70. The molecule has 0 bridgehead atoms. The van der Waals surface area contributed by atoms with Crippen molar-refractivity contribution in [3.8, 4) is 0 Å². The van der Waals surface area contributed by atoms with Crippen molar-refractivity contribution < 1.29 is 5.11 Å². The Labute approximate surface area is 110 Å². The van der Waals surface area contributed by atoms with Gasteiger partial charge in [0.1, 0.15) is 4.47 Å². The highest BCUT2D eigenvalue weighted by Gasteiger charge is 2.09. The van der Waals surface area contributed by atoms with Gasteiger partial charge >= 0.3 is 0 Å². The summed E-state index contributed by atoms with van der Waals surface area (Å²) in [5.74, 6) is 0. The number of aliphatic hydroxyl groups excluding tert-OH is 1. The Morgan fingerprint density at radius 3 is 3.18 bits per heavy atom. The van der Waals surface area contributed by atoms with Crippen molar-refractivity contribution in [2.75, 3.05) is 11.9 Å². The van der Waals surface area contributed by atoms with Crippen LogP contribution in [0.4, 0.5) is 5.69 Å². The van der Waals surface area contributed by atoms with Crippen molar-refractivity contribution in [2.24, 2.45) is 0 Å². The van der Waals surface area contributed by atoms with Gasteiger partial charge in [0.05, 0.1) is 18.0 Å². The number of nitrogens with one attached hydrogen (secondary N) is 2. The molecule has 5 nitrogen and oxygen atoms in total. The van der Waals surface area contributed by atoms with E-state index in [4.69, 9.17) is 0 Å². The van der Waals surface area contributed by atoms with E-state index in [-0.39, 0.29) is 5.56 Å². The summed E-state index contributed by atoms with van der Waals surface area (Å²) in [4.78, 5) is 11.2. The highest BCUT2D eigenvalue weighted by molar-refractivity contribution is 9.10. The Bertz CT molecular complexity index is 541. The van der Waals surface area contributed by atoms with Crippen LogP contribution in [-0.2, 0) is 0 Å². The molecule has 2 heterocycles. The fraction of sp³-hybridized carbons (Fsp3) is 0.200. The predicted octanol–water partition coefficient (Wildman–Crippen LogP) is 1.74. The summed E-state index contributed by atoms with van der Waals surface area (Å²) in [5.41, 5.74) is 1.11. The molecule has 0 radical (unpaired) electrons. The first-order valence-electron chi connectivity index (χ1n) is 4.85. The van der Waals surface area contributed by atoms with Crippen LogP contribution in [0.3, 0.4) is 0 Å². The van der Waals surface area contributed by atoms with Gasteiger partial charge in [-0.25, -0.2) is 5.10 Å². The lowest BCUT2D eigenvalue weighted by Crippen LogP contribution is -2.16. The van der Waals surface area contributed by atoms with E-state index in [0.717, 1.165) is 5.56 Å². The average molecular weight is 316 g/mol. The van der Waals surface area contributed by atoms with Crippen LogP contribution in [0.2, 0.25) is 0 Å². The van der Waals surface area contributed by atoms with Crippen molar-refractivity contribution in [1.82, 2.24) is 10.2 Å². The van der Waals surface area contributed by atoms with Crippen LogP contribution in [0, 0.1) is 0 Å². The fourth-order valence-electron chi connectivity index (χ4n) is 1.30. The van der Waals surface area contributed by atoms with Crippen molar-refractivity contribution in [1.29, 1.82) is 0 Å². The number of anilines is 1. The maximum Gasteiger partial charge on any atom is 0.280 e. The lowest BCUT2D eigenvalue weighted by atomic mass is 10.2. The third-order valence-electron chi connectivity index (χ3n) is 2.21. The second-order valence-corrected chi connectivity index (χ2v) is 4.95. The number of aromatic amines is 1. The van der Waals surface area contributed by atoms with Crippen molar-refractivity contribution in [3.63, 3.8) is 0 Å². The summed E-state index contributed by atoms with van der Waals surface area (Å²) < 4.78 is 0.380. The van der Waals surface area contributed by atoms with E-state index >= 15 is 0 Å². The van der Waals surface area contributed by atoms with Gasteiger partial charge in [0.15, 0.2) is 0 Å². The summed E-state index contributed by atoms with van der Waals surface area (Å²) in [6.07, 6.45) is 0.888. The largest absolute Gasteiger partial charge is 0.387 e. The van der Waals surface area contributed by atoms with Gasteiger partial charge in [-0.1, -0.05) is 0 Å². The number of halogens is 1. The molecule has 0 aliphatic heterocycles. The zero-order chi connectivity index (χ0) is 12.3. The molecule has 0 aliphatic rings. The molecule has 0 spiro atoms. The first-order valence-corrected chi connectivity index (χ1v) is 6.59. The molecule has 1 atom stereocenters. The number of nitrogens with zero attached hydrogens (tertiary/aromatic N) is 1. The molecule has 0 fully saturated rings. The molecule has 1 unspecified atom stereocenters. The normalized spacial score (nSPS) is 12.4. The Morgan fingerprint density at radius 2 is 2.47 bits per heavy atom. The number of aliphatic hydroxyl groups is 1. The summed E-state index contributed by atoms with van der Waals surface area (Å²) in [6, 6.07) is 1.86. The second kappa shape index (κ2) is 5.44. The monoisotopic (exact) mass is 315 g/mol. The Balaban J connectivity index is 2.03. The van der Waals surface area contributed by atoms with E-state index in [1.54, 1.807) is 0 Å². The lowest BCUT2D eigenvalue weighted by molar-refractivity contribution is 0.192. The molecule has 0 saturated carbocycles. The first kappa shape index (κ1) is 12.3. The number of hydrogen-bond donors (Lipinski definition) is 3. The van der Waals surface area contributed by atoms with Crippen LogP contribution < -0.4 is 10.9 Å². The average Bonchev–Trinajstić information content (AvgIpc) is 2.84. The second-order valence-electron chi connectivity index (χ2n) is 3.38. The number of thiophene rings is 1. The zero-order valence-corrected chi connectivity index (χ0v) is 11.1. The van der Waals surface area contributed by atoms with Gasteiger partial charge in [0.25, 0.3) is 5.56 Å². The molecule has 3 N–H and O–H groups in total. The fourth-order valence-corrected chi connectivity index (χ4v) is 2.33. The van der Waals surface area contributed by atoms with E-state index in [0.29, 0.717) is 16.7 Å². The highest BCUT2D eigenvalue weighted by atomic mass is 79.9. The maximum atomic E-state index is 11.2. The standard InChI is InChI=1S/C10H10BrN3O2S/c11-9-7(3-13-14-10(9)16)12-4-8(15)6-1-2-17-5-6/h1-3,5,8,15H,4H2,(H2,12,14,16). The van der Waals surface area contributed by atoms with Gasteiger partial charge in [0.2, 0.25) is 0 Å². The Morgan fingerprint density at radius 1 is 1.65 bits per heavy atom. The third kappa shape index (κ3) is 2.93. The van der Waals surface area contributed by atoms with Crippen LogP contribution in [0.5, 0.6) is 0 Å². The van der Waals surface area contributed by atoms with Gasteiger partial charge in [-0.05, 0) is 38.3 Å². The van der Waals surface area contributed by atoms with Crippen molar-refractivity contribution >= 4 is 33.0 Å². The molecule has 90 valence electrons. The zero-order valence-electron chi connectivity index (χ0n) is 8.68. The minimum Gasteiger partial charge on any atom is -0.387 e.